The molecule has 1 unspecified atom stereocenters. The molecule has 15 heavy (non-hydrogen) atoms. The van der Waals surface area contributed by atoms with Crippen molar-refractivity contribution in [2.75, 3.05) is 0 Å². The molecule has 0 fully saturated rings. The molecule has 4 N–H and O–H groups in total. The van der Waals surface area contributed by atoms with Crippen molar-refractivity contribution in [3.63, 3.8) is 0 Å². The minimum absolute atomic E-state index is 0.323. The Kier molecular flexibility index (Phi) is 3.82. The van der Waals surface area contributed by atoms with Crippen LogP contribution in [0.25, 0.3) is 0 Å². The van der Waals surface area contributed by atoms with E-state index in [-0.39, 0.29) is 0 Å². The number of aliphatic carboxylic acids is 1. The van der Waals surface area contributed by atoms with Crippen LogP contribution in [0.2, 0.25) is 0 Å². The summed E-state index contributed by atoms with van der Waals surface area (Å²) in [5.41, 5.74) is 0.917. The number of carboxylic acid groups (broad SMARTS) is 1. The topological polar surface area (TPSA) is 93.4 Å². The quantitative estimate of drug-likeness (QED) is 0.420. The second-order valence-electron chi connectivity index (χ2n) is 2.99. The van der Waals surface area contributed by atoms with Crippen molar-refractivity contribution in [1.82, 2.24) is 5.32 Å². The standard InChI is InChI=1S/C10H12N2O3/c11-9(8(13)10(14)15)12-6-7-4-2-1-3-5-7/h1-5,8,13H,6H2,(H2,11,12)(H,14,15). The molecule has 1 rings (SSSR count). The third-order valence-electron chi connectivity index (χ3n) is 1.83. The number of nitrogens with one attached hydrogen (secondary N) is 2. The molecule has 1 aromatic carbocycles. The van der Waals surface area contributed by atoms with Crippen molar-refractivity contribution < 1.29 is 15.0 Å². The van der Waals surface area contributed by atoms with Gasteiger partial charge < -0.3 is 15.5 Å². The molecule has 5 heteroatoms. The summed E-state index contributed by atoms with van der Waals surface area (Å²) in [7, 11) is 0. The van der Waals surface area contributed by atoms with Crippen LogP contribution in [0.15, 0.2) is 30.3 Å². The van der Waals surface area contributed by atoms with Gasteiger partial charge in [0.25, 0.3) is 0 Å². The zero-order valence-electron chi connectivity index (χ0n) is 7.97. The lowest BCUT2D eigenvalue weighted by Gasteiger charge is -2.10. The average molecular weight is 208 g/mol. The second-order valence-corrected chi connectivity index (χ2v) is 2.99. The minimum Gasteiger partial charge on any atom is -0.479 e. The van der Waals surface area contributed by atoms with Crippen LogP contribution in [0.3, 0.4) is 0 Å². The lowest BCUT2D eigenvalue weighted by molar-refractivity contribution is -0.143. The van der Waals surface area contributed by atoms with Gasteiger partial charge in [-0.15, -0.1) is 0 Å². The second kappa shape index (κ2) is 5.11. The Morgan fingerprint density at radius 3 is 2.53 bits per heavy atom. The maximum absolute atomic E-state index is 10.3. The van der Waals surface area contributed by atoms with E-state index in [2.05, 4.69) is 5.32 Å². The predicted octanol–water partition coefficient (Wildman–Crippen LogP) is 0.199. The third kappa shape index (κ3) is 3.40. The molecule has 0 bridgehead atoms. The fourth-order valence-electron chi connectivity index (χ4n) is 1.01. The highest BCUT2D eigenvalue weighted by Crippen LogP contribution is 1.97. The Bertz CT molecular complexity index is 351. The van der Waals surface area contributed by atoms with Gasteiger partial charge in [-0.2, -0.15) is 0 Å². The molecule has 0 heterocycles. The lowest BCUT2D eigenvalue weighted by Crippen LogP contribution is -2.38. The number of carbonyl (C=O) groups is 1. The average Bonchev–Trinajstić information content (AvgIpc) is 2.26. The van der Waals surface area contributed by atoms with E-state index < -0.39 is 17.9 Å². The predicted molar refractivity (Wildman–Crippen MR) is 54.7 cm³/mol. The van der Waals surface area contributed by atoms with E-state index in [0.717, 1.165) is 5.56 Å². The van der Waals surface area contributed by atoms with Crippen molar-refractivity contribution in [2.45, 2.75) is 12.6 Å². The lowest BCUT2D eigenvalue weighted by atomic mass is 10.2. The maximum Gasteiger partial charge on any atom is 0.340 e. The van der Waals surface area contributed by atoms with Crippen molar-refractivity contribution in [3.8, 4) is 0 Å². The number of hydrogen-bond acceptors (Lipinski definition) is 3. The number of aliphatic hydroxyl groups is 1. The molecule has 1 atom stereocenters. The summed E-state index contributed by atoms with van der Waals surface area (Å²) in [6.07, 6.45) is -1.78. The molecular formula is C10H12N2O3. The van der Waals surface area contributed by atoms with Crippen LogP contribution in [-0.2, 0) is 11.3 Å². The number of aliphatic hydroxyl groups excluding tert-OH is 1. The summed E-state index contributed by atoms with van der Waals surface area (Å²) < 4.78 is 0. The Balaban J connectivity index is 2.44. The van der Waals surface area contributed by atoms with Crippen LogP contribution in [0.4, 0.5) is 0 Å². The fraction of sp³-hybridized carbons (Fsp3) is 0.200. The van der Waals surface area contributed by atoms with E-state index >= 15 is 0 Å². The molecule has 1 aromatic rings. The normalized spacial score (nSPS) is 11.8. The van der Waals surface area contributed by atoms with Crippen LogP contribution < -0.4 is 5.32 Å². The molecule has 0 amide bonds. The van der Waals surface area contributed by atoms with Crippen LogP contribution in [0.5, 0.6) is 0 Å². The monoisotopic (exact) mass is 208 g/mol. The highest BCUT2D eigenvalue weighted by Gasteiger charge is 2.18. The SMILES string of the molecule is N=C(NCc1ccccc1)C(O)C(=O)O. The molecule has 0 saturated carbocycles. The first-order valence-electron chi connectivity index (χ1n) is 4.38. The van der Waals surface area contributed by atoms with Gasteiger partial charge in [-0.1, -0.05) is 30.3 Å². The third-order valence-corrected chi connectivity index (χ3v) is 1.83. The molecule has 0 aliphatic heterocycles. The Morgan fingerprint density at radius 2 is 2.00 bits per heavy atom. The number of amidine groups is 1. The highest BCUT2D eigenvalue weighted by molar-refractivity contribution is 6.01. The van der Waals surface area contributed by atoms with E-state index in [4.69, 9.17) is 15.6 Å². The van der Waals surface area contributed by atoms with Crippen LogP contribution >= 0.6 is 0 Å². The van der Waals surface area contributed by atoms with Crippen molar-refractivity contribution in [3.05, 3.63) is 35.9 Å². The van der Waals surface area contributed by atoms with Crippen LogP contribution in [-0.4, -0.2) is 28.1 Å². The van der Waals surface area contributed by atoms with Gasteiger partial charge in [-0.05, 0) is 5.56 Å². The molecule has 0 aliphatic rings. The molecular weight excluding hydrogens is 196 g/mol. The van der Waals surface area contributed by atoms with Gasteiger partial charge >= 0.3 is 5.97 Å². The van der Waals surface area contributed by atoms with Crippen LogP contribution in [0.1, 0.15) is 5.56 Å². The van der Waals surface area contributed by atoms with Gasteiger partial charge in [-0.25, -0.2) is 4.79 Å². The number of carboxylic acids is 1. The van der Waals surface area contributed by atoms with Gasteiger partial charge in [0.1, 0.15) is 5.84 Å². The minimum atomic E-state index is -1.78. The van der Waals surface area contributed by atoms with Gasteiger partial charge in [0.05, 0.1) is 0 Å². The van der Waals surface area contributed by atoms with E-state index in [1.165, 1.54) is 0 Å². The van der Waals surface area contributed by atoms with Gasteiger partial charge in [-0.3, -0.25) is 5.41 Å². The summed E-state index contributed by atoms with van der Waals surface area (Å²) in [5.74, 6) is -1.84. The number of rotatable bonds is 4. The summed E-state index contributed by atoms with van der Waals surface area (Å²) in [4.78, 5) is 10.3. The first-order valence-corrected chi connectivity index (χ1v) is 4.38. The summed E-state index contributed by atoms with van der Waals surface area (Å²) in [5, 5.41) is 27.2. The summed E-state index contributed by atoms with van der Waals surface area (Å²) in [6, 6.07) is 9.23. The zero-order chi connectivity index (χ0) is 11.3. The molecule has 0 saturated heterocycles. The Hall–Kier alpha value is -1.88. The molecule has 0 radical (unpaired) electrons. The maximum atomic E-state index is 10.3. The molecule has 0 aromatic heterocycles. The highest BCUT2D eigenvalue weighted by atomic mass is 16.4. The first kappa shape index (κ1) is 11.2. The van der Waals surface area contributed by atoms with E-state index in [1.807, 2.05) is 30.3 Å². The van der Waals surface area contributed by atoms with Crippen LogP contribution in [0, 0.1) is 5.41 Å². The van der Waals surface area contributed by atoms with Gasteiger partial charge in [0.15, 0.2) is 0 Å². The molecule has 5 nitrogen and oxygen atoms in total. The van der Waals surface area contributed by atoms with Gasteiger partial charge in [0.2, 0.25) is 6.10 Å². The fourth-order valence-corrected chi connectivity index (χ4v) is 1.01. The van der Waals surface area contributed by atoms with Gasteiger partial charge in [0, 0.05) is 6.54 Å². The van der Waals surface area contributed by atoms with E-state index in [0.29, 0.717) is 6.54 Å². The molecule has 0 aliphatic carbocycles. The number of hydrogen-bond donors (Lipinski definition) is 4. The van der Waals surface area contributed by atoms with E-state index in [9.17, 15) is 4.79 Å². The summed E-state index contributed by atoms with van der Waals surface area (Å²) >= 11 is 0. The molecule has 0 spiro atoms. The van der Waals surface area contributed by atoms with Crippen molar-refractivity contribution >= 4 is 11.8 Å². The summed E-state index contributed by atoms with van der Waals surface area (Å²) in [6.45, 7) is 0.323. The van der Waals surface area contributed by atoms with Crippen molar-refractivity contribution in [1.29, 1.82) is 5.41 Å². The van der Waals surface area contributed by atoms with E-state index in [1.54, 1.807) is 0 Å². The first-order chi connectivity index (χ1) is 7.11. The largest absolute Gasteiger partial charge is 0.479 e. The smallest absolute Gasteiger partial charge is 0.340 e. The Morgan fingerprint density at radius 1 is 1.40 bits per heavy atom. The molecule has 80 valence electrons. The Labute approximate surface area is 86.9 Å². The number of benzene rings is 1. The van der Waals surface area contributed by atoms with Crippen molar-refractivity contribution in [2.24, 2.45) is 0 Å². The zero-order valence-corrected chi connectivity index (χ0v) is 7.97.